The van der Waals surface area contributed by atoms with E-state index in [-0.39, 0.29) is 10.6 Å². The average molecular weight is 417 g/mol. The van der Waals surface area contributed by atoms with Gasteiger partial charge >= 0.3 is 6.18 Å². The fraction of sp³-hybridized carbons (Fsp3) is 0.143. The molecule has 0 spiro atoms. The molecule has 0 unspecified atom stereocenters. The molecule has 0 aliphatic carbocycles. The third-order valence-corrected chi connectivity index (χ3v) is 5.63. The first kappa shape index (κ1) is 17.4. The Morgan fingerprint density at radius 2 is 1.65 bits per heavy atom. The summed E-state index contributed by atoms with van der Waals surface area (Å²) in [6.07, 6.45) is -4.58. The lowest BCUT2D eigenvalue weighted by Gasteiger charge is -2.26. The maximum absolute atomic E-state index is 13.6. The zero-order valence-electron chi connectivity index (χ0n) is 11.0. The van der Waals surface area contributed by atoms with Gasteiger partial charge in [-0.3, -0.25) is 0 Å². The van der Waals surface area contributed by atoms with Gasteiger partial charge in [-0.25, -0.2) is 0 Å². The number of fused-ring (bicyclic) bond motifs is 2. The fourth-order valence-electron chi connectivity index (χ4n) is 2.18. The Balaban J connectivity index is 2.15. The van der Waals surface area contributed by atoms with E-state index >= 15 is 0 Å². The highest BCUT2D eigenvalue weighted by Gasteiger charge is 2.40. The maximum Gasteiger partial charge on any atom is 0.419 e. The molecule has 2 aromatic carbocycles. The minimum absolute atomic E-state index is 0.0135. The van der Waals surface area contributed by atoms with Crippen LogP contribution in [0.4, 0.5) is 24.5 Å². The van der Waals surface area contributed by atoms with E-state index in [1.807, 2.05) is 12.1 Å². The smallest absolute Gasteiger partial charge is 0.353 e. The summed E-state index contributed by atoms with van der Waals surface area (Å²) >= 11 is 18.8. The molecule has 9 heteroatoms. The summed E-state index contributed by atoms with van der Waals surface area (Å²) in [6, 6.07) is 10.1. The number of rotatable bonds is 1. The predicted molar refractivity (Wildman–Crippen MR) is 91.4 cm³/mol. The second kappa shape index (κ2) is 6.15. The van der Waals surface area contributed by atoms with Gasteiger partial charge in [-0.15, -0.1) is 0 Å². The van der Waals surface area contributed by atoms with Gasteiger partial charge in [0.2, 0.25) is 3.12 Å². The minimum Gasteiger partial charge on any atom is -0.353 e. The second-order valence-electron chi connectivity index (χ2n) is 4.58. The molecular weight excluding hydrogens is 410 g/mol. The van der Waals surface area contributed by atoms with Gasteiger partial charge in [0.1, 0.15) is 0 Å². The SMILES string of the molecule is FC(F)(F)c1c(SC(Cl)(Cl)Cl)ccc2c1Nc1ccccc1S2. The van der Waals surface area contributed by atoms with Crippen molar-refractivity contribution in [2.24, 2.45) is 0 Å². The molecular formula is C14H7Cl3F3NS2. The van der Waals surface area contributed by atoms with Gasteiger partial charge in [-0.1, -0.05) is 70.5 Å². The topological polar surface area (TPSA) is 12.0 Å². The van der Waals surface area contributed by atoms with Gasteiger partial charge in [0.25, 0.3) is 0 Å². The summed E-state index contributed by atoms with van der Waals surface area (Å²) in [5, 5.41) is 2.86. The molecule has 0 aromatic heterocycles. The van der Waals surface area contributed by atoms with E-state index in [1.54, 1.807) is 18.2 Å². The first-order chi connectivity index (χ1) is 10.6. The minimum atomic E-state index is -4.58. The van der Waals surface area contributed by atoms with Crippen LogP contribution in [-0.2, 0) is 6.18 Å². The normalized spacial score (nSPS) is 14.0. The van der Waals surface area contributed by atoms with Crippen molar-refractivity contribution in [3.05, 3.63) is 42.0 Å². The number of para-hydroxylation sites is 1. The monoisotopic (exact) mass is 415 g/mol. The lowest BCUT2D eigenvalue weighted by molar-refractivity contribution is -0.139. The zero-order chi connectivity index (χ0) is 16.8. The van der Waals surface area contributed by atoms with Crippen molar-refractivity contribution in [3.8, 4) is 0 Å². The van der Waals surface area contributed by atoms with Gasteiger partial charge in [-0.05, 0) is 24.3 Å². The van der Waals surface area contributed by atoms with E-state index in [0.29, 0.717) is 22.3 Å². The van der Waals surface area contributed by atoms with Crippen molar-refractivity contribution in [1.29, 1.82) is 0 Å². The van der Waals surface area contributed by atoms with E-state index in [1.165, 1.54) is 17.8 Å². The average Bonchev–Trinajstić information content (AvgIpc) is 2.42. The van der Waals surface area contributed by atoms with E-state index in [9.17, 15) is 13.2 Å². The van der Waals surface area contributed by atoms with Crippen molar-refractivity contribution in [2.45, 2.75) is 24.0 Å². The molecule has 1 aliphatic rings. The van der Waals surface area contributed by atoms with Crippen LogP contribution in [0.3, 0.4) is 0 Å². The highest BCUT2D eigenvalue weighted by molar-refractivity contribution is 8.04. The Kier molecular flexibility index (Phi) is 4.66. The van der Waals surface area contributed by atoms with Crippen molar-refractivity contribution < 1.29 is 13.2 Å². The Labute approximate surface area is 153 Å². The van der Waals surface area contributed by atoms with Crippen LogP contribution < -0.4 is 5.32 Å². The van der Waals surface area contributed by atoms with Crippen LogP contribution in [0.1, 0.15) is 5.56 Å². The molecule has 1 nitrogen and oxygen atoms in total. The van der Waals surface area contributed by atoms with Crippen LogP contribution >= 0.6 is 58.3 Å². The van der Waals surface area contributed by atoms with Crippen LogP contribution in [0.2, 0.25) is 0 Å². The number of thioether (sulfide) groups is 1. The molecule has 3 rings (SSSR count). The number of benzene rings is 2. The van der Waals surface area contributed by atoms with E-state index in [0.717, 1.165) is 4.90 Å². The van der Waals surface area contributed by atoms with Crippen LogP contribution in [0.15, 0.2) is 51.1 Å². The molecule has 1 heterocycles. The van der Waals surface area contributed by atoms with Crippen LogP contribution in [0, 0.1) is 0 Å². The standard InChI is InChI=1S/C14H7Cl3F3NS2/c15-14(16,17)23-9-5-6-10-12(11(9)13(18,19)20)21-7-3-1-2-4-8(7)22-10/h1-6,21H. The van der Waals surface area contributed by atoms with E-state index in [4.69, 9.17) is 34.8 Å². The molecule has 23 heavy (non-hydrogen) atoms. The molecule has 0 amide bonds. The first-order valence-corrected chi connectivity index (χ1v) is 8.96. The third kappa shape index (κ3) is 3.82. The first-order valence-electron chi connectivity index (χ1n) is 6.19. The maximum atomic E-state index is 13.6. The Morgan fingerprint density at radius 1 is 0.957 bits per heavy atom. The Bertz CT molecular complexity index is 760. The Morgan fingerprint density at radius 3 is 2.30 bits per heavy atom. The largest absolute Gasteiger partial charge is 0.419 e. The van der Waals surface area contributed by atoms with Gasteiger partial charge in [0.15, 0.2) is 0 Å². The second-order valence-corrected chi connectivity index (χ2v) is 9.87. The number of hydrogen-bond acceptors (Lipinski definition) is 3. The molecule has 1 aliphatic heterocycles. The molecule has 0 atom stereocenters. The molecule has 0 bridgehead atoms. The van der Waals surface area contributed by atoms with E-state index in [2.05, 4.69) is 5.32 Å². The number of nitrogens with one attached hydrogen (secondary N) is 1. The Hall–Kier alpha value is -0.400. The van der Waals surface area contributed by atoms with Gasteiger partial charge in [0.05, 0.1) is 16.9 Å². The lowest BCUT2D eigenvalue weighted by Crippen LogP contribution is -2.14. The van der Waals surface area contributed by atoms with Crippen molar-refractivity contribution >= 4 is 69.7 Å². The highest BCUT2D eigenvalue weighted by Crippen LogP contribution is 2.54. The quantitative estimate of drug-likeness (QED) is 0.329. The summed E-state index contributed by atoms with van der Waals surface area (Å²) in [6.45, 7) is 0. The number of halogens is 6. The van der Waals surface area contributed by atoms with Gasteiger partial charge < -0.3 is 5.32 Å². The van der Waals surface area contributed by atoms with E-state index < -0.39 is 14.9 Å². The number of anilines is 2. The summed E-state index contributed by atoms with van der Waals surface area (Å²) in [4.78, 5) is 1.20. The molecule has 122 valence electrons. The van der Waals surface area contributed by atoms with Crippen molar-refractivity contribution in [1.82, 2.24) is 0 Å². The predicted octanol–water partition coefficient (Wildman–Crippen LogP) is 7.33. The van der Waals surface area contributed by atoms with Gasteiger partial charge in [0, 0.05) is 14.7 Å². The molecule has 0 saturated heterocycles. The summed E-state index contributed by atoms with van der Waals surface area (Å²) in [7, 11) is 0. The fourth-order valence-corrected chi connectivity index (χ4v) is 4.63. The van der Waals surface area contributed by atoms with Crippen LogP contribution in [0.5, 0.6) is 0 Å². The zero-order valence-corrected chi connectivity index (χ0v) is 14.9. The number of alkyl halides is 6. The molecule has 1 N–H and O–H groups in total. The summed E-state index contributed by atoms with van der Waals surface area (Å²) < 4.78 is 38.9. The third-order valence-electron chi connectivity index (χ3n) is 3.00. The van der Waals surface area contributed by atoms with Crippen molar-refractivity contribution in [2.75, 3.05) is 5.32 Å². The molecule has 2 aromatic rings. The molecule has 0 fully saturated rings. The van der Waals surface area contributed by atoms with Crippen molar-refractivity contribution in [3.63, 3.8) is 0 Å². The summed E-state index contributed by atoms with van der Waals surface area (Å²) in [5.41, 5.74) is -0.222. The molecule has 0 saturated carbocycles. The lowest BCUT2D eigenvalue weighted by atomic mass is 10.1. The van der Waals surface area contributed by atoms with Crippen LogP contribution in [-0.4, -0.2) is 3.12 Å². The highest BCUT2D eigenvalue weighted by atomic mass is 35.6. The summed E-state index contributed by atoms with van der Waals surface area (Å²) in [5.74, 6) is 0. The van der Waals surface area contributed by atoms with Crippen LogP contribution in [0.25, 0.3) is 0 Å². The van der Waals surface area contributed by atoms with Gasteiger partial charge in [-0.2, -0.15) is 13.2 Å². The molecule has 0 radical (unpaired) electrons. The number of hydrogen-bond donors (Lipinski definition) is 1.